The minimum atomic E-state index is 0.458. The molecule has 4 aromatic rings. The van der Waals surface area contributed by atoms with E-state index in [1.165, 1.54) is 11.3 Å². The Labute approximate surface area is 196 Å². The van der Waals surface area contributed by atoms with Crippen molar-refractivity contribution in [3.05, 3.63) is 84.9 Å². The molecule has 0 bridgehead atoms. The Morgan fingerprint density at radius 2 is 1.59 bits per heavy atom. The van der Waals surface area contributed by atoms with Gasteiger partial charge in [0.2, 0.25) is 0 Å². The Morgan fingerprint density at radius 1 is 0.906 bits per heavy atom. The number of azo groups is 1. The van der Waals surface area contributed by atoms with Crippen LogP contribution in [0.25, 0.3) is 11.3 Å². The highest BCUT2D eigenvalue weighted by Gasteiger charge is 2.14. The van der Waals surface area contributed by atoms with Crippen molar-refractivity contribution in [2.75, 3.05) is 17.2 Å². The summed E-state index contributed by atoms with van der Waals surface area (Å²) in [5.41, 5.74) is 3.34. The number of anilines is 2. The molecule has 4 rings (SSSR count). The third kappa shape index (κ3) is 5.75. The van der Waals surface area contributed by atoms with E-state index in [-0.39, 0.29) is 0 Å². The number of rotatable bonds is 7. The van der Waals surface area contributed by atoms with Gasteiger partial charge in [-0.1, -0.05) is 59.9 Å². The summed E-state index contributed by atoms with van der Waals surface area (Å²) in [4.78, 5) is 4.72. The molecule has 1 aromatic heterocycles. The normalized spacial score (nSPS) is 10.8. The number of thiazole rings is 1. The van der Waals surface area contributed by atoms with Crippen molar-refractivity contribution in [2.24, 2.45) is 10.2 Å². The molecule has 160 valence electrons. The van der Waals surface area contributed by atoms with Gasteiger partial charge >= 0.3 is 0 Å². The maximum absolute atomic E-state index is 5.48. The molecule has 2 N–H and O–H groups in total. The van der Waals surface area contributed by atoms with E-state index in [0.717, 1.165) is 28.4 Å². The summed E-state index contributed by atoms with van der Waals surface area (Å²) in [5.74, 6) is 0.806. The lowest BCUT2D eigenvalue weighted by molar-refractivity contribution is 0.340. The molecule has 0 fully saturated rings. The van der Waals surface area contributed by atoms with E-state index in [2.05, 4.69) is 20.9 Å². The average molecular weight is 460 g/mol. The molecule has 0 saturated heterocycles. The Bertz CT molecular complexity index is 1190. The maximum atomic E-state index is 5.48. The maximum Gasteiger partial charge on any atom is 0.191 e. The van der Waals surface area contributed by atoms with Crippen LogP contribution in [0.5, 0.6) is 5.75 Å². The highest BCUT2D eigenvalue weighted by Crippen LogP contribution is 2.39. The quantitative estimate of drug-likeness (QED) is 0.222. The summed E-state index contributed by atoms with van der Waals surface area (Å²) in [7, 11) is 0. The first-order chi connectivity index (χ1) is 15.7. The van der Waals surface area contributed by atoms with Gasteiger partial charge in [-0.05, 0) is 55.5 Å². The lowest BCUT2D eigenvalue weighted by Gasteiger charge is -2.07. The molecule has 0 unspecified atom stereocenters. The number of thiocarbonyl (C=S) groups is 1. The van der Waals surface area contributed by atoms with Gasteiger partial charge in [-0.3, -0.25) is 0 Å². The fraction of sp³-hybridized carbons (Fsp3) is 0.0833. The van der Waals surface area contributed by atoms with Gasteiger partial charge in [-0.15, -0.1) is 10.2 Å². The topological polar surface area (TPSA) is 70.9 Å². The van der Waals surface area contributed by atoms with Gasteiger partial charge < -0.3 is 15.4 Å². The van der Waals surface area contributed by atoms with Crippen LogP contribution >= 0.6 is 23.6 Å². The van der Waals surface area contributed by atoms with Gasteiger partial charge in [-0.25, -0.2) is 4.98 Å². The Hall–Kier alpha value is -3.62. The minimum Gasteiger partial charge on any atom is -0.494 e. The fourth-order valence-corrected chi connectivity index (χ4v) is 3.97. The van der Waals surface area contributed by atoms with Crippen LogP contribution < -0.4 is 15.4 Å². The van der Waals surface area contributed by atoms with E-state index in [9.17, 15) is 0 Å². The van der Waals surface area contributed by atoms with E-state index >= 15 is 0 Å². The SMILES string of the molecule is CCOc1ccc(N=Nc2sc(NC(=S)Nc3ccccc3)nc2-c2ccccc2)cc1. The van der Waals surface area contributed by atoms with E-state index in [1.54, 1.807) is 0 Å². The van der Waals surface area contributed by atoms with Crippen molar-refractivity contribution in [3.8, 4) is 17.0 Å². The van der Waals surface area contributed by atoms with Gasteiger partial charge in [0.25, 0.3) is 0 Å². The Balaban J connectivity index is 1.56. The van der Waals surface area contributed by atoms with Crippen LogP contribution in [-0.4, -0.2) is 16.7 Å². The van der Waals surface area contributed by atoms with E-state index in [1.807, 2.05) is 91.9 Å². The Morgan fingerprint density at radius 3 is 2.28 bits per heavy atom. The number of nitrogens with zero attached hydrogens (tertiary/aromatic N) is 3. The van der Waals surface area contributed by atoms with Crippen LogP contribution in [0.3, 0.4) is 0 Å². The smallest absolute Gasteiger partial charge is 0.191 e. The number of nitrogens with one attached hydrogen (secondary N) is 2. The first-order valence-electron chi connectivity index (χ1n) is 10.0. The zero-order valence-corrected chi connectivity index (χ0v) is 19.0. The largest absolute Gasteiger partial charge is 0.494 e. The third-order valence-corrected chi connectivity index (χ3v) is 5.37. The number of ether oxygens (including phenoxy) is 1. The summed E-state index contributed by atoms with van der Waals surface area (Å²) in [6.07, 6.45) is 0. The number of hydrogen-bond acceptors (Lipinski definition) is 6. The molecule has 0 saturated carbocycles. The molecule has 0 atom stereocenters. The van der Waals surface area contributed by atoms with Crippen molar-refractivity contribution in [1.29, 1.82) is 0 Å². The molecule has 0 aliphatic carbocycles. The van der Waals surface area contributed by atoms with Crippen molar-refractivity contribution >= 4 is 50.2 Å². The van der Waals surface area contributed by atoms with Gasteiger partial charge in [0.15, 0.2) is 15.2 Å². The highest BCUT2D eigenvalue weighted by molar-refractivity contribution is 7.80. The Kier molecular flexibility index (Phi) is 7.16. The van der Waals surface area contributed by atoms with Crippen molar-refractivity contribution in [2.45, 2.75) is 6.92 Å². The van der Waals surface area contributed by atoms with Crippen LogP contribution in [0.2, 0.25) is 0 Å². The standard InChI is InChI=1S/C24H21N5OS2/c1-2-30-20-15-13-19(14-16-20)28-29-22-21(17-9-5-3-6-10-17)26-24(32-22)27-23(31)25-18-11-7-4-8-12-18/h3-16H,2H2,1H3,(H2,25,26,27,31). The van der Waals surface area contributed by atoms with Gasteiger partial charge in [0.1, 0.15) is 11.4 Å². The molecular weight excluding hydrogens is 438 g/mol. The number of hydrogen-bond donors (Lipinski definition) is 2. The number of para-hydroxylation sites is 1. The molecule has 32 heavy (non-hydrogen) atoms. The number of benzene rings is 3. The molecule has 3 aromatic carbocycles. The first kappa shape index (κ1) is 21.6. The zero-order valence-electron chi connectivity index (χ0n) is 17.4. The van der Waals surface area contributed by atoms with Crippen LogP contribution in [0.4, 0.5) is 21.5 Å². The van der Waals surface area contributed by atoms with Crippen molar-refractivity contribution < 1.29 is 4.74 Å². The van der Waals surface area contributed by atoms with Crippen molar-refractivity contribution in [3.63, 3.8) is 0 Å². The van der Waals surface area contributed by atoms with Crippen LogP contribution in [-0.2, 0) is 0 Å². The second-order valence-corrected chi connectivity index (χ2v) is 8.00. The molecule has 0 aliphatic rings. The van der Waals surface area contributed by atoms with E-state index in [4.69, 9.17) is 21.9 Å². The highest BCUT2D eigenvalue weighted by atomic mass is 32.1. The molecule has 6 nitrogen and oxygen atoms in total. The van der Waals surface area contributed by atoms with Gasteiger partial charge in [-0.2, -0.15) is 0 Å². The second kappa shape index (κ2) is 10.6. The monoisotopic (exact) mass is 459 g/mol. The second-order valence-electron chi connectivity index (χ2n) is 6.61. The summed E-state index contributed by atoms with van der Waals surface area (Å²) in [5, 5.41) is 17.0. The predicted octanol–water partition coefficient (Wildman–Crippen LogP) is 7.43. The zero-order chi connectivity index (χ0) is 22.2. The molecule has 0 spiro atoms. The minimum absolute atomic E-state index is 0.458. The summed E-state index contributed by atoms with van der Waals surface area (Å²) < 4.78 is 5.48. The van der Waals surface area contributed by atoms with Crippen LogP contribution in [0.1, 0.15) is 6.92 Å². The molecule has 8 heteroatoms. The fourth-order valence-electron chi connectivity index (χ4n) is 2.88. The molecule has 0 amide bonds. The van der Waals surface area contributed by atoms with Gasteiger partial charge in [0.05, 0.1) is 12.3 Å². The summed E-state index contributed by atoms with van der Waals surface area (Å²) in [6.45, 7) is 2.58. The first-order valence-corrected chi connectivity index (χ1v) is 11.3. The molecule has 0 aliphatic heterocycles. The molecular formula is C24H21N5OS2. The lowest BCUT2D eigenvalue weighted by atomic mass is 10.2. The van der Waals surface area contributed by atoms with Crippen LogP contribution in [0, 0.1) is 0 Å². The van der Waals surface area contributed by atoms with E-state index in [0.29, 0.717) is 21.9 Å². The summed E-state index contributed by atoms with van der Waals surface area (Å²) >= 11 is 6.83. The van der Waals surface area contributed by atoms with Crippen LogP contribution in [0.15, 0.2) is 95.2 Å². The summed E-state index contributed by atoms with van der Waals surface area (Å²) in [6, 6.07) is 27.1. The predicted molar refractivity (Wildman–Crippen MR) is 136 cm³/mol. The number of aromatic nitrogens is 1. The third-order valence-electron chi connectivity index (χ3n) is 4.31. The van der Waals surface area contributed by atoms with Gasteiger partial charge in [0, 0.05) is 11.3 Å². The van der Waals surface area contributed by atoms with Crippen molar-refractivity contribution in [1.82, 2.24) is 4.98 Å². The molecule has 0 radical (unpaired) electrons. The average Bonchev–Trinajstić information content (AvgIpc) is 3.22. The van der Waals surface area contributed by atoms with E-state index < -0.39 is 0 Å². The lowest BCUT2D eigenvalue weighted by Crippen LogP contribution is -2.18. The molecule has 1 heterocycles.